The highest BCUT2D eigenvalue weighted by Gasteiger charge is 2.21. The normalized spacial score (nSPS) is 11.9. The van der Waals surface area contributed by atoms with Gasteiger partial charge in [0.15, 0.2) is 5.58 Å². The molecule has 0 unspecified atom stereocenters. The first-order chi connectivity index (χ1) is 12.3. The van der Waals surface area contributed by atoms with Crippen molar-refractivity contribution in [1.29, 1.82) is 0 Å². The molecule has 0 spiro atoms. The van der Waals surface area contributed by atoms with E-state index in [0.717, 1.165) is 11.1 Å². The van der Waals surface area contributed by atoms with Crippen molar-refractivity contribution in [3.8, 4) is 5.75 Å². The smallest absolute Gasteiger partial charge is 0.265 e. The van der Waals surface area contributed by atoms with Crippen LogP contribution in [-0.4, -0.2) is 39.7 Å². The van der Waals surface area contributed by atoms with Crippen molar-refractivity contribution < 1.29 is 17.7 Å². The van der Waals surface area contributed by atoms with Gasteiger partial charge in [0.2, 0.25) is 0 Å². The molecule has 0 radical (unpaired) electrons. The fourth-order valence-corrected chi connectivity index (χ4v) is 4.02. The summed E-state index contributed by atoms with van der Waals surface area (Å²) in [5.41, 5.74) is 1.71. The lowest BCUT2D eigenvalue weighted by atomic mass is 10.2. The van der Waals surface area contributed by atoms with Crippen molar-refractivity contribution in [3.63, 3.8) is 0 Å². The Morgan fingerprint density at radius 1 is 1.23 bits per heavy atom. The van der Waals surface area contributed by atoms with Crippen LogP contribution in [0.25, 0.3) is 11.0 Å². The van der Waals surface area contributed by atoms with E-state index >= 15 is 0 Å². The maximum absolute atomic E-state index is 12.8. The number of sulfonamides is 1. The van der Waals surface area contributed by atoms with E-state index in [4.69, 9.17) is 20.9 Å². The molecular weight excluding hydrogens is 378 g/mol. The van der Waals surface area contributed by atoms with Crippen LogP contribution < -0.4 is 9.46 Å². The molecule has 138 valence electrons. The van der Waals surface area contributed by atoms with Gasteiger partial charge < -0.3 is 14.2 Å². The van der Waals surface area contributed by atoms with Gasteiger partial charge in [-0.15, -0.1) is 0 Å². The largest absolute Gasteiger partial charge is 0.495 e. The van der Waals surface area contributed by atoms with E-state index < -0.39 is 10.0 Å². The van der Waals surface area contributed by atoms with Crippen molar-refractivity contribution in [1.82, 2.24) is 10.1 Å². The zero-order chi connectivity index (χ0) is 18.9. The number of nitrogens with zero attached hydrogens (tertiary/aromatic N) is 2. The lowest BCUT2D eigenvalue weighted by Gasteiger charge is -2.12. The van der Waals surface area contributed by atoms with E-state index in [1.54, 1.807) is 24.3 Å². The number of rotatable bonds is 6. The summed E-state index contributed by atoms with van der Waals surface area (Å²) in [7, 11) is 1.35. The van der Waals surface area contributed by atoms with Crippen LogP contribution in [0.1, 0.15) is 5.69 Å². The van der Waals surface area contributed by atoms with E-state index in [1.165, 1.54) is 19.2 Å². The first-order valence-electron chi connectivity index (χ1n) is 7.69. The van der Waals surface area contributed by atoms with Gasteiger partial charge in [0.25, 0.3) is 10.0 Å². The number of anilines is 1. The topological polar surface area (TPSA) is 84.7 Å². The SMILES string of the molecule is COc1ccc(Cl)cc1S(=O)(=O)Nc1ccc2onc(CN(C)C)c2c1. The minimum atomic E-state index is -3.89. The number of fused-ring (bicyclic) bond motifs is 1. The highest BCUT2D eigenvalue weighted by Crippen LogP contribution is 2.30. The molecule has 0 fully saturated rings. The van der Waals surface area contributed by atoms with Crippen molar-refractivity contribution in [3.05, 3.63) is 47.1 Å². The fourth-order valence-electron chi connectivity index (χ4n) is 2.54. The summed E-state index contributed by atoms with van der Waals surface area (Å²) < 4.78 is 38.5. The molecule has 0 saturated heterocycles. The summed E-state index contributed by atoms with van der Waals surface area (Å²) in [4.78, 5) is 1.91. The zero-order valence-corrected chi connectivity index (χ0v) is 16.1. The van der Waals surface area contributed by atoms with Crippen LogP contribution in [-0.2, 0) is 16.6 Å². The number of benzene rings is 2. The lowest BCUT2D eigenvalue weighted by Crippen LogP contribution is -2.14. The molecule has 9 heteroatoms. The maximum atomic E-state index is 12.8. The summed E-state index contributed by atoms with van der Waals surface area (Å²) in [6.07, 6.45) is 0. The van der Waals surface area contributed by atoms with Gasteiger partial charge >= 0.3 is 0 Å². The molecule has 3 aromatic rings. The molecule has 2 aromatic carbocycles. The summed E-state index contributed by atoms with van der Waals surface area (Å²) in [6.45, 7) is 0.575. The highest BCUT2D eigenvalue weighted by molar-refractivity contribution is 7.92. The molecular formula is C17H18ClN3O4S. The number of ether oxygens (including phenoxy) is 1. The lowest BCUT2D eigenvalue weighted by molar-refractivity contribution is 0.373. The number of hydrogen-bond donors (Lipinski definition) is 1. The van der Waals surface area contributed by atoms with Gasteiger partial charge in [0.1, 0.15) is 16.3 Å². The van der Waals surface area contributed by atoms with E-state index in [2.05, 4.69) is 9.88 Å². The Hall–Kier alpha value is -2.29. The summed E-state index contributed by atoms with van der Waals surface area (Å²) in [5, 5.41) is 5.09. The number of hydrogen-bond acceptors (Lipinski definition) is 6. The molecule has 1 heterocycles. The Morgan fingerprint density at radius 2 is 2.00 bits per heavy atom. The summed E-state index contributed by atoms with van der Waals surface area (Å²) in [6, 6.07) is 9.40. The van der Waals surface area contributed by atoms with Gasteiger partial charge in [-0.1, -0.05) is 16.8 Å². The Morgan fingerprint density at radius 3 is 2.69 bits per heavy atom. The molecule has 0 amide bonds. The summed E-state index contributed by atoms with van der Waals surface area (Å²) in [5.74, 6) is 0.209. The predicted molar refractivity (Wildman–Crippen MR) is 100 cm³/mol. The van der Waals surface area contributed by atoms with Gasteiger partial charge in [-0.05, 0) is 50.5 Å². The number of aromatic nitrogens is 1. The van der Waals surface area contributed by atoms with Crippen molar-refractivity contribution in [2.45, 2.75) is 11.4 Å². The first-order valence-corrected chi connectivity index (χ1v) is 9.55. The van der Waals surface area contributed by atoms with E-state index in [1.807, 2.05) is 19.0 Å². The van der Waals surface area contributed by atoms with Crippen LogP contribution in [0.5, 0.6) is 5.75 Å². The molecule has 1 aromatic heterocycles. The molecule has 0 saturated carbocycles. The van der Waals surface area contributed by atoms with Crippen LogP contribution in [0.2, 0.25) is 5.02 Å². The van der Waals surface area contributed by atoms with Crippen LogP contribution in [0.15, 0.2) is 45.8 Å². The van der Waals surface area contributed by atoms with Crippen LogP contribution >= 0.6 is 11.6 Å². The minimum Gasteiger partial charge on any atom is -0.495 e. The third kappa shape index (κ3) is 3.77. The molecule has 26 heavy (non-hydrogen) atoms. The Kier molecular flexibility index (Phi) is 5.08. The fraction of sp³-hybridized carbons (Fsp3) is 0.235. The van der Waals surface area contributed by atoms with Gasteiger partial charge in [-0.3, -0.25) is 4.72 Å². The Bertz CT molecular complexity index is 1050. The summed E-state index contributed by atoms with van der Waals surface area (Å²) >= 11 is 5.94. The quantitative estimate of drug-likeness (QED) is 0.689. The molecule has 3 rings (SSSR count). The molecule has 0 aliphatic heterocycles. The van der Waals surface area contributed by atoms with Crippen molar-refractivity contribution in [2.75, 3.05) is 25.9 Å². The number of nitrogens with one attached hydrogen (secondary N) is 1. The van der Waals surface area contributed by atoms with Crippen LogP contribution in [0.3, 0.4) is 0 Å². The predicted octanol–water partition coefficient (Wildman–Crippen LogP) is 3.35. The standard InChI is InChI=1S/C17H18ClN3O4S/c1-21(2)10-14-13-9-12(5-7-15(13)25-19-14)20-26(22,23)17-8-11(18)4-6-16(17)24-3/h4-9,20H,10H2,1-3H3. The van der Waals surface area contributed by atoms with Gasteiger partial charge in [-0.25, -0.2) is 8.42 Å². The monoisotopic (exact) mass is 395 g/mol. The minimum absolute atomic E-state index is 0.0357. The third-order valence-electron chi connectivity index (χ3n) is 3.68. The molecule has 0 atom stereocenters. The zero-order valence-electron chi connectivity index (χ0n) is 14.5. The molecule has 0 aliphatic carbocycles. The van der Waals surface area contributed by atoms with Crippen molar-refractivity contribution >= 4 is 38.3 Å². The third-order valence-corrected chi connectivity index (χ3v) is 5.32. The van der Waals surface area contributed by atoms with E-state index in [-0.39, 0.29) is 10.6 Å². The average Bonchev–Trinajstić information content (AvgIpc) is 2.96. The van der Waals surface area contributed by atoms with Gasteiger partial charge in [-0.2, -0.15) is 0 Å². The van der Waals surface area contributed by atoms with E-state index in [0.29, 0.717) is 22.8 Å². The molecule has 1 N–H and O–H groups in total. The highest BCUT2D eigenvalue weighted by atomic mass is 35.5. The van der Waals surface area contributed by atoms with Crippen molar-refractivity contribution in [2.24, 2.45) is 0 Å². The average molecular weight is 396 g/mol. The van der Waals surface area contributed by atoms with Crippen LogP contribution in [0, 0.1) is 0 Å². The Balaban J connectivity index is 1.98. The second-order valence-corrected chi connectivity index (χ2v) is 8.07. The molecule has 7 nitrogen and oxygen atoms in total. The second-order valence-electron chi connectivity index (χ2n) is 5.98. The second kappa shape index (κ2) is 7.14. The van der Waals surface area contributed by atoms with E-state index in [9.17, 15) is 8.42 Å². The first kappa shape index (κ1) is 18.5. The number of halogens is 1. The van der Waals surface area contributed by atoms with Gasteiger partial charge in [0, 0.05) is 22.6 Å². The maximum Gasteiger partial charge on any atom is 0.265 e. The Labute approximate surface area is 156 Å². The van der Waals surface area contributed by atoms with Crippen LogP contribution in [0.4, 0.5) is 5.69 Å². The molecule has 0 aliphatic rings. The number of methoxy groups -OCH3 is 1. The molecule has 0 bridgehead atoms. The van der Waals surface area contributed by atoms with Gasteiger partial charge in [0.05, 0.1) is 7.11 Å².